The van der Waals surface area contributed by atoms with Crippen LogP contribution in [0.2, 0.25) is 0 Å². The van der Waals surface area contributed by atoms with Crippen LogP contribution in [0.4, 0.5) is 5.69 Å². The van der Waals surface area contributed by atoms with Crippen LogP contribution in [-0.4, -0.2) is 29.2 Å². The fourth-order valence-electron chi connectivity index (χ4n) is 4.14. The maximum absolute atomic E-state index is 12.5. The molecule has 1 aromatic carbocycles. The number of carbonyl (C=O) groups excluding carboxylic acids is 3. The molecular weight excluding hydrogens is 328 g/mol. The highest BCUT2D eigenvalue weighted by atomic mass is 16.2. The van der Waals surface area contributed by atoms with Gasteiger partial charge in [0.1, 0.15) is 0 Å². The average Bonchev–Trinajstić information content (AvgIpc) is 2.91. The van der Waals surface area contributed by atoms with Crippen molar-refractivity contribution in [2.45, 2.75) is 58.3 Å². The number of hydrogen-bond acceptors (Lipinski definition) is 3. The molecule has 0 aromatic heterocycles. The first-order valence-electron chi connectivity index (χ1n) is 9.77. The lowest BCUT2D eigenvalue weighted by molar-refractivity contribution is -0.140. The largest absolute Gasteiger partial charge is 0.326 e. The number of imide groups is 1. The van der Waals surface area contributed by atoms with Crippen LogP contribution in [0.5, 0.6) is 0 Å². The smallest absolute Gasteiger partial charge is 0.233 e. The quantitative estimate of drug-likeness (QED) is 0.790. The highest BCUT2D eigenvalue weighted by molar-refractivity contribution is 6.05. The van der Waals surface area contributed by atoms with Crippen molar-refractivity contribution in [3.8, 4) is 0 Å². The van der Waals surface area contributed by atoms with E-state index in [0.717, 1.165) is 43.4 Å². The van der Waals surface area contributed by atoms with E-state index in [1.807, 2.05) is 24.3 Å². The molecule has 0 radical (unpaired) electrons. The van der Waals surface area contributed by atoms with Gasteiger partial charge in [0.2, 0.25) is 17.7 Å². The van der Waals surface area contributed by atoms with Crippen molar-refractivity contribution in [1.82, 2.24) is 4.90 Å². The summed E-state index contributed by atoms with van der Waals surface area (Å²) in [6.45, 7) is 4.43. The number of nitrogens with one attached hydrogen (secondary N) is 1. The average molecular weight is 356 g/mol. The van der Waals surface area contributed by atoms with E-state index < -0.39 is 0 Å². The number of amides is 3. The van der Waals surface area contributed by atoms with Gasteiger partial charge in [0.05, 0.1) is 11.8 Å². The van der Waals surface area contributed by atoms with Crippen LogP contribution in [0.3, 0.4) is 0 Å². The van der Waals surface area contributed by atoms with Gasteiger partial charge in [-0.2, -0.15) is 0 Å². The minimum Gasteiger partial charge on any atom is -0.326 e. The molecule has 5 heteroatoms. The molecule has 3 atom stereocenters. The molecule has 1 aromatic rings. The molecule has 0 unspecified atom stereocenters. The van der Waals surface area contributed by atoms with Crippen molar-refractivity contribution in [2.75, 3.05) is 11.9 Å². The zero-order valence-electron chi connectivity index (χ0n) is 15.7. The number of para-hydroxylation sites is 1. The third-order valence-corrected chi connectivity index (χ3v) is 5.87. The van der Waals surface area contributed by atoms with Crippen LogP contribution >= 0.6 is 0 Å². The first-order chi connectivity index (χ1) is 12.5. The number of nitrogens with zero attached hydrogens (tertiary/aromatic N) is 1. The van der Waals surface area contributed by atoms with E-state index in [0.29, 0.717) is 5.92 Å². The molecule has 140 valence electrons. The lowest BCUT2D eigenvalue weighted by atomic mass is 9.81. The number of benzene rings is 1. The van der Waals surface area contributed by atoms with Crippen molar-refractivity contribution >= 4 is 23.4 Å². The zero-order valence-corrected chi connectivity index (χ0v) is 15.7. The van der Waals surface area contributed by atoms with E-state index in [4.69, 9.17) is 0 Å². The van der Waals surface area contributed by atoms with Crippen LogP contribution in [0.15, 0.2) is 24.3 Å². The zero-order chi connectivity index (χ0) is 18.7. The molecule has 3 rings (SSSR count). The van der Waals surface area contributed by atoms with Gasteiger partial charge in [0.15, 0.2) is 0 Å². The summed E-state index contributed by atoms with van der Waals surface area (Å²) < 4.78 is 0. The lowest BCUT2D eigenvalue weighted by Crippen LogP contribution is -2.34. The van der Waals surface area contributed by atoms with Gasteiger partial charge in [-0.15, -0.1) is 0 Å². The molecule has 1 saturated carbocycles. The minimum atomic E-state index is -0.156. The number of carbonyl (C=O) groups is 3. The van der Waals surface area contributed by atoms with E-state index >= 15 is 0 Å². The number of hydrogen-bond donors (Lipinski definition) is 1. The SMILES string of the molecule is CC[C@@H](C)c1ccccc1NC(=O)CCN1C(=O)[C@H]2CCCC[C@H]2C1=O. The fraction of sp³-hybridized carbons (Fsp3) is 0.571. The van der Waals surface area contributed by atoms with Gasteiger partial charge in [-0.05, 0) is 36.8 Å². The maximum Gasteiger partial charge on any atom is 0.233 e. The number of likely N-dealkylation sites (tertiary alicyclic amines) is 1. The highest BCUT2D eigenvalue weighted by Gasteiger charge is 2.47. The topological polar surface area (TPSA) is 66.5 Å². The summed E-state index contributed by atoms with van der Waals surface area (Å²) in [5.41, 5.74) is 1.93. The Hall–Kier alpha value is -2.17. The van der Waals surface area contributed by atoms with E-state index in [-0.39, 0.29) is 42.5 Å². The molecule has 1 heterocycles. The molecule has 0 bridgehead atoms. The van der Waals surface area contributed by atoms with Crippen LogP contribution < -0.4 is 5.32 Å². The standard InChI is InChI=1S/C21H28N2O3/c1-3-14(2)15-8-6-7-11-18(15)22-19(24)12-13-23-20(25)16-9-4-5-10-17(16)21(23)26/h6-8,11,14,16-17H,3-5,9-10,12-13H2,1-2H3,(H,22,24)/t14-,16-,17+/m1/s1. The van der Waals surface area contributed by atoms with E-state index in [1.165, 1.54) is 4.90 Å². The van der Waals surface area contributed by atoms with Crippen molar-refractivity contribution in [2.24, 2.45) is 11.8 Å². The summed E-state index contributed by atoms with van der Waals surface area (Å²) in [5, 5.41) is 2.95. The Morgan fingerprint density at radius 3 is 2.38 bits per heavy atom. The van der Waals surface area contributed by atoms with Crippen molar-refractivity contribution < 1.29 is 14.4 Å². The number of fused-ring (bicyclic) bond motifs is 1. The molecule has 26 heavy (non-hydrogen) atoms. The second kappa shape index (κ2) is 8.02. The molecule has 1 aliphatic carbocycles. The Morgan fingerprint density at radius 1 is 1.15 bits per heavy atom. The summed E-state index contributed by atoms with van der Waals surface area (Å²) in [7, 11) is 0. The van der Waals surface area contributed by atoms with E-state index in [2.05, 4.69) is 19.2 Å². The monoisotopic (exact) mass is 356 g/mol. The summed E-state index contributed by atoms with van der Waals surface area (Å²) in [6, 6.07) is 7.81. The molecule has 3 amide bonds. The van der Waals surface area contributed by atoms with Crippen molar-refractivity contribution in [3.63, 3.8) is 0 Å². The Balaban J connectivity index is 1.60. The summed E-state index contributed by atoms with van der Waals surface area (Å²) in [6.07, 6.45) is 4.78. The molecule has 5 nitrogen and oxygen atoms in total. The van der Waals surface area contributed by atoms with E-state index in [9.17, 15) is 14.4 Å². The Kier molecular flexibility index (Phi) is 5.74. The van der Waals surface area contributed by atoms with E-state index in [1.54, 1.807) is 0 Å². The van der Waals surface area contributed by atoms with Gasteiger partial charge in [-0.1, -0.05) is 44.9 Å². The first kappa shape index (κ1) is 18.6. The first-order valence-corrected chi connectivity index (χ1v) is 9.77. The van der Waals surface area contributed by atoms with Gasteiger partial charge in [-0.3, -0.25) is 19.3 Å². The second-order valence-electron chi connectivity index (χ2n) is 7.52. The normalized spacial score (nSPS) is 23.7. The van der Waals surface area contributed by atoms with Gasteiger partial charge >= 0.3 is 0 Å². The molecule has 2 aliphatic rings. The fourth-order valence-corrected chi connectivity index (χ4v) is 4.14. The molecular formula is C21H28N2O3. The highest BCUT2D eigenvalue weighted by Crippen LogP contribution is 2.38. The predicted octanol–water partition coefficient (Wildman–Crippen LogP) is 3.70. The van der Waals surface area contributed by atoms with Gasteiger partial charge in [0, 0.05) is 18.7 Å². The summed E-state index contributed by atoms with van der Waals surface area (Å²) in [4.78, 5) is 38.7. The van der Waals surface area contributed by atoms with Gasteiger partial charge in [-0.25, -0.2) is 0 Å². The number of anilines is 1. The summed E-state index contributed by atoms with van der Waals surface area (Å²) >= 11 is 0. The van der Waals surface area contributed by atoms with Crippen molar-refractivity contribution in [3.05, 3.63) is 29.8 Å². The molecule has 2 fully saturated rings. The minimum absolute atomic E-state index is 0.0764. The second-order valence-corrected chi connectivity index (χ2v) is 7.52. The Bertz CT molecular complexity index is 676. The molecule has 1 N–H and O–H groups in total. The Labute approximate surface area is 155 Å². The lowest BCUT2D eigenvalue weighted by Gasteiger charge is -2.19. The van der Waals surface area contributed by atoms with Gasteiger partial charge in [0.25, 0.3) is 0 Å². The van der Waals surface area contributed by atoms with Crippen LogP contribution in [0, 0.1) is 11.8 Å². The van der Waals surface area contributed by atoms with Crippen LogP contribution in [0.1, 0.15) is 63.9 Å². The Morgan fingerprint density at radius 2 is 1.77 bits per heavy atom. The number of rotatable bonds is 6. The molecule has 1 saturated heterocycles. The van der Waals surface area contributed by atoms with Crippen LogP contribution in [0.25, 0.3) is 0 Å². The third kappa shape index (κ3) is 3.67. The molecule has 0 spiro atoms. The van der Waals surface area contributed by atoms with Crippen LogP contribution in [-0.2, 0) is 14.4 Å². The van der Waals surface area contributed by atoms with Gasteiger partial charge < -0.3 is 5.32 Å². The maximum atomic E-state index is 12.5. The third-order valence-electron chi connectivity index (χ3n) is 5.87. The van der Waals surface area contributed by atoms with Crippen molar-refractivity contribution in [1.29, 1.82) is 0 Å². The predicted molar refractivity (Wildman–Crippen MR) is 101 cm³/mol. The molecule has 1 aliphatic heterocycles. The summed E-state index contributed by atoms with van der Waals surface area (Å²) in [5.74, 6) is -0.247.